The van der Waals surface area contributed by atoms with Gasteiger partial charge in [-0.1, -0.05) is 24.3 Å². The molecule has 0 radical (unpaired) electrons. The first-order chi connectivity index (χ1) is 14.0. The van der Waals surface area contributed by atoms with E-state index in [2.05, 4.69) is 0 Å². The summed E-state index contributed by atoms with van der Waals surface area (Å²) in [6.07, 6.45) is 0.881. The third-order valence-electron chi connectivity index (χ3n) is 5.52. The number of likely N-dealkylation sites (tertiary alicyclic amines) is 1. The lowest BCUT2D eigenvalue weighted by Gasteiger charge is -2.30. The number of hydrogen-bond acceptors (Lipinski definition) is 4. The molecular formula is C22H20N2O5. The molecule has 7 heteroatoms. The van der Waals surface area contributed by atoms with Crippen molar-refractivity contribution < 1.29 is 24.3 Å². The number of imide groups is 1. The number of rotatable bonds is 4. The molecule has 0 unspecified atom stereocenters. The molecule has 2 aliphatic heterocycles. The Morgan fingerprint density at radius 3 is 2.14 bits per heavy atom. The molecule has 0 atom stereocenters. The second kappa shape index (κ2) is 7.50. The first-order valence-corrected chi connectivity index (χ1v) is 9.52. The molecule has 0 saturated carbocycles. The van der Waals surface area contributed by atoms with Crippen molar-refractivity contribution in [3.63, 3.8) is 0 Å². The number of benzene rings is 2. The van der Waals surface area contributed by atoms with Gasteiger partial charge in [-0.25, -0.2) is 0 Å². The summed E-state index contributed by atoms with van der Waals surface area (Å²) in [4.78, 5) is 51.8. The fourth-order valence-electron chi connectivity index (χ4n) is 3.88. The number of nitrogens with zero attached hydrogens (tertiary/aromatic N) is 2. The van der Waals surface area contributed by atoms with Crippen molar-refractivity contribution in [2.24, 2.45) is 5.92 Å². The van der Waals surface area contributed by atoms with E-state index in [-0.39, 0.29) is 24.3 Å². The van der Waals surface area contributed by atoms with Crippen molar-refractivity contribution in [3.05, 3.63) is 70.8 Å². The quantitative estimate of drug-likeness (QED) is 0.807. The van der Waals surface area contributed by atoms with Gasteiger partial charge in [0.05, 0.1) is 23.6 Å². The summed E-state index contributed by atoms with van der Waals surface area (Å²) in [5, 5.41) is 9.10. The van der Waals surface area contributed by atoms with Crippen molar-refractivity contribution >= 4 is 23.7 Å². The first kappa shape index (κ1) is 18.9. The van der Waals surface area contributed by atoms with E-state index in [1.54, 1.807) is 53.4 Å². The van der Waals surface area contributed by atoms with E-state index in [1.807, 2.05) is 0 Å². The molecule has 3 amide bonds. The summed E-state index contributed by atoms with van der Waals surface area (Å²) in [6.45, 7) is 0.894. The molecule has 0 spiro atoms. The van der Waals surface area contributed by atoms with Crippen LogP contribution in [0.25, 0.3) is 0 Å². The highest BCUT2D eigenvalue weighted by Crippen LogP contribution is 2.25. The maximum absolute atomic E-state index is 12.8. The van der Waals surface area contributed by atoms with Crippen LogP contribution in [0.15, 0.2) is 48.5 Å². The monoisotopic (exact) mass is 392 g/mol. The van der Waals surface area contributed by atoms with E-state index >= 15 is 0 Å². The van der Waals surface area contributed by atoms with Crippen LogP contribution in [0.1, 0.15) is 49.5 Å². The minimum absolute atomic E-state index is 0.0918. The van der Waals surface area contributed by atoms with Crippen LogP contribution < -0.4 is 0 Å². The van der Waals surface area contributed by atoms with Crippen molar-refractivity contribution in [2.75, 3.05) is 13.1 Å². The Balaban J connectivity index is 1.47. The third-order valence-corrected chi connectivity index (χ3v) is 5.52. The molecule has 4 rings (SSSR count). The van der Waals surface area contributed by atoms with Crippen LogP contribution in [0.5, 0.6) is 0 Å². The molecule has 0 aromatic heterocycles. The lowest BCUT2D eigenvalue weighted by Crippen LogP contribution is -2.40. The van der Waals surface area contributed by atoms with Crippen LogP contribution in [0.4, 0.5) is 0 Å². The molecule has 1 saturated heterocycles. The summed E-state index contributed by atoms with van der Waals surface area (Å²) in [6, 6.07) is 13.6. The van der Waals surface area contributed by atoms with Crippen molar-refractivity contribution in [3.8, 4) is 0 Å². The number of carboxylic acid groups (broad SMARTS) is 1. The largest absolute Gasteiger partial charge is 0.481 e. The smallest absolute Gasteiger partial charge is 0.306 e. The number of carboxylic acids is 1. The second-order valence-electron chi connectivity index (χ2n) is 7.35. The molecule has 0 bridgehead atoms. The summed E-state index contributed by atoms with van der Waals surface area (Å²) in [5.41, 5.74) is 1.94. The number of amides is 3. The van der Waals surface area contributed by atoms with Gasteiger partial charge in [0.15, 0.2) is 0 Å². The van der Waals surface area contributed by atoms with Crippen molar-refractivity contribution in [1.29, 1.82) is 0 Å². The molecule has 1 fully saturated rings. The topological polar surface area (TPSA) is 95.0 Å². The van der Waals surface area contributed by atoms with E-state index < -0.39 is 11.9 Å². The van der Waals surface area contributed by atoms with Gasteiger partial charge in [-0.05, 0) is 42.7 Å². The Labute approximate surface area is 167 Å². The molecule has 2 heterocycles. The standard InChI is InChI=1S/C22H20N2O5/c25-19(23-10-8-15(9-11-23)22(28)29)16-5-3-4-14(12-16)13-24-20(26)17-6-1-2-7-18(17)21(24)27/h1-7,12,15H,8-11,13H2,(H,28,29). The Bertz CT molecular complexity index is 973. The van der Waals surface area contributed by atoms with Crippen LogP contribution in [-0.2, 0) is 11.3 Å². The van der Waals surface area contributed by atoms with Gasteiger partial charge in [-0.3, -0.25) is 24.1 Å². The maximum atomic E-state index is 12.8. The molecule has 148 valence electrons. The van der Waals surface area contributed by atoms with Crippen molar-refractivity contribution in [1.82, 2.24) is 9.80 Å². The zero-order valence-electron chi connectivity index (χ0n) is 15.7. The fourth-order valence-corrected chi connectivity index (χ4v) is 3.88. The van der Waals surface area contributed by atoms with Crippen LogP contribution in [0, 0.1) is 5.92 Å². The van der Waals surface area contributed by atoms with E-state index in [4.69, 9.17) is 5.11 Å². The molecule has 7 nitrogen and oxygen atoms in total. The molecule has 2 aromatic carbocycles. The van der Waals surface area contributed by atoms with Gasteiger partial charge in [0, 0.05) is 18.7 Å². The third kappa shape index (κ3) is 3.51. The number of hydrogen-bond donors (Lipinski definition) is 1. The summed E-state index contributed by atoms with van der Waals surface area (Å²) >= 11 is 0. The van der Waals surface area contributed by atoms with Crippen LogP contribution >= 0.6 is 0 Å². The van der Waals surface area contributed by atoms with Gasteiger partial charge >= 0.3 is 5.97 Å². The zero-order valence-corrected chi connectivity index (χ0v) is 15.7. The van der Waals surface area contributed by atoms with Gasteiger partial charge in [-0.2, -0.15) is 0 Å². The Hall–Kier alpha value is -3.48. The highest BCUT2D eigenvalue weighted by molar-refractivity contribution is 6.21. The number of fused-ring (bicyclic) bond motifs is 1. The predicted molar refractivity (Wildman–Crippen MR) is 103 cm³/mol. The van der Waals surface area contributed by atoms with Gasteiger partial charge in [0.1, 0.15) is 0 Å². The van der Waals surface area contributed by atoms with Crippen LogP contribution in [0.2, 0.25) is 0 Å². The Kier molecular flexibility index (Phi) is 4.88. The molecule has 1 N–H and O–H groups in total. The number of carbonyl (C=O) groups is 4. The maximum Gasteiger partial charge on any atom is 0.306 e. The average molecular weight is 392 g/mol. The summed E-state index contributed by atoms with van der Waals surface area (Å²) in [7, 11) is 0. The number of aliphatic carboxylic acids is 1. The summed E-state index contributed by atoms with van der Waals surface area (Å²) in [5.74, 6) is -2.06. The van der Waals surface area contributed by atoms with E-state index in [0.29, 0.717) is 48.2 Å². The molecule has 2 aliphatic rings. The van der Waals surface area contributed by atoms with Gasteiger partial charge < -0.3 is 10.0 Å². The highest BCUT2D eigenvalue weighted by atomic mass is 16.4. The van der Waals surface area contributed by atoms with E-state index in [1.165, 1.54) is 4.90 Å². The molecule has 0 aliphatic carbocycles. The van der Waals surface area contributed by atoms with E-state index in [9.17, 15) is 19.2 Å². The minimum atomic E-state index is -0.819. The minimum Gasteiger partial charge on any atom is -0.481 e. The fraction of sp³-hybridized carbons (Fsp3) is 0.273. The normalized spacial score (nSPS) is 16.8. The lowest BCUT2D eigenvalue weighted by atomic mass is 9.96. The van der Waals surface area contributed by atoms with Gasteiger partial charge in [0.2, 0.25) is 0 Å². The molecule has 29 heavy (non-hydrogen) atoms. The number of carbonyl (C=O) groups excluding carboxylic acids is 3. The lowest BCUT2D eigenvalue weighted by molar-refractivity contribution is -0.143. The molecule has 2 aromatic rings. The second-order valence-corrected chi connectivity index (χ2v) is 7.35. The van der Waals surface area contributed by atoms with Crippen LogP contribution in [0.3, 0.4) is 0 Å². The van der Waals surface area contributed by atoms with Crippen LogP contribution in [-0.4, -0.2) is 51.7 Å². The summed E-state index contributed by atoms with van der Waals surface area (Å²) < 4.78 is 0. The Morgan fingerprint density at radius 1 is 0.931 bits per heavy atom. The zero-order chi connectivity index (χ0) is 20.5. The molecular weight excluding hydrogens is 372 g/mol. The van der Waals surface area contributed by atoms with Gasteiger partial charge in [-0.15, -0.1) is 0 Å². The highest BCUT2D eigenvalue weighted by Gasteiger charge is 2.35. The predicted octanol–water partition coefficient (Wildman–Crippen LogP) is 2.42. The first-order valence-electron chi connectivity index (χ1n) is 9.52. The Morgan fingerprint density at radius 2 is 1.55 bits per heavy atom. The SMILES string of the molecule is O=C(O)C1CCN(C(=O)c2cccc(CN3C(=O)c4ccccc4C3=O)c2)CC1. The van der Waals surface area contributed by atoms with E-state index in [0.717, 1.165) is 0 Å². The van der Waals surface area contributed by atoms with Crippen molar-refractivity contribution in [2.45, 2.75) is 19.4 Å². The average Bonchev–Trinajstić information content (AvgIpc) is 2.98. The number of piperidine rings is 1. The van der Waals surface area contributed by atoms with Gasteiger partial charge in [0.25, 0.3) is 17.7 Å².